The molecule has 0 bridgehead atoms. The molecule has 0 aliphatic rings. The minimum Gasteiger partial charge on any atom is -0.478 e. The second kappa shape index (κ2) is 19.5. The highest BCUT2D eigenvalue weighted by atomic mass is 32.2. The largest absolute Gasteiger partial charge is 0.478 e. The van der Waals surface area contributed by atoms with Crippen LogP contribution in [0, 0.1) is 13.8 Å². The minimum absolute atomic E-state index is 0.272. The third kappa shape index (κ3) is 19.3. The van der Waals surface area contributed by atoms with Crippen LogP contribution in [0.15, 0.2) is 46.4 Å². The van der Waals surface area contributed by atoms with Crippen molar-refractivity contribution in [2.75, 3.05) is 24.8 Å². The Balaban J connectivity index is 0.000000796. The van der Waals surface area contributed by atoms with E-state index in [1.807, 2.05) is 77.5 Å². The number of aliphatic imine (C=N–C) groups is 2. The minimum atomic E-state index is -4.64. The summed E-state index contributed by atoms with van der Waals surface area (Å²) in [6, 6.07) is 11.2. The van der Waals surface area contributed by atoms with Crippen molar-refractivity contribution >= 4 is 68.0 Å². The first-order chi connectivity index (χ1) is 21.7. The number of carbonyl (C=O) groups excluding carboxylic acids is 2. The van der Waals surface area contributed by atoms with Gasteiger partial charge in [-0.15, -0.1) is 23.5 Å². The quantitative estimate of drug-likeness (QED) is 0.0944. The highest BCUT2D eigenvalue weighted by molar-refractivity contribution is 8.14. The van der Waals surface area contributed by atoms with Crippen LogP contribution in [0.5, 0.6) is 0 Å². The number of esters is 1. The number of aryl methyl sites for hydroxylation is 2. The van der Waals surface area contributed by atoms with E-state index in [9.17, 15) is 22.8 Å². The van der Waals surface area contributed by atoms with Crippen LogP contribution in [0.2, 0.25) is 39.3 Å². The zero-order valence-electron chi connectivity index (χ0n) is 30.4. The van der Waals surface area contributed by atoms with Crippen molar-refractivity contribution in [3.8, 4) is 0 Å². The molecule has 0 saturated carbocycles. The molecule has 0 saturated heterocycles. The van der Waals surface area contributed by atoms with Crippen LogP contribution in [0.1, 0.15) is 63.7 Å². The average molecular weight is 745 g/mol. The van der Waals surface area contributed by atoms with Crippen LogP contribution in [-0.2, 0) is 9.53 Å². The number of nitrogens with zero attached hydrogens (tertiary/aromatic N) is 2. The summed E-state index contributed by atoms with van der Waals surface area (Å²) in [5.41, 5.74) is 4.27. The molecule has 0 radical (unpaired) electrons. The first-order valence-corrected chi connectivity index (χ1v) is 25.0. The molecule has 1 N–H and O–H groups in total. The van der Waals surface area contributed by atoms with E-state index in [-0.39, 0.29) is 5.97 Å². The average Bonchev–Trinajstić information content (AvgIpc) is 2.92. The van der Waals surface area contributed by atoms with Crippen LogP contribution in [0.4, 0.5) is 13.2 Å². The van der Waals surface area contributed by atoms with E-state index in [2.05, 4.69) is 39.3 Å². The lowest BCUT2D eigenvalue weighted by atomic mass is 10.1. The van der Waals surface area contributed by atoms with Gasteiger partial charge >= 0.3 is 18.1 Å². The van der Waals surface area contributed by atoms with Gasteiger partial charge in [0.25, 0.3) is 0 Å². The van der Waals surface area contributed by atoms with Gasteiger partial charge in [0.05, 0.1) is 37.4 Å². The summed E-state index contributed by atoms with van der Waals surface area (Å²) >= 11 is 3.26. The van der Waals surface area contributed by atoms with Crippen molar-refractivity contribution in [1.29, 1.82) is 0 Å². The number of carboxylic acid groups (broad SMARTS) is 1. The number of hydrogen-bond acceptors (Lipinski definition) is 8. The van der Waals surface area contributed by atoms with Gasteiger partial charge in [-0.05, 0) is 82.5 Å². The molecule has 2 aromatic carbocycles. The molecule has 268 valence electrons. The topological polar surface area (TPSA) is 105 Å². The van der Waals surface area contributed by atoms with Crippen molar-refractivity contribution in [3.05, 3.63) is 69.8 Å². The molecule has 7 nitrogen and oxygen atoms in total. The van der Waals surface area contributed by atoms with Crippen molar-refractivity contribution in [2.45, 2.75) is 85.7 Å². The van der Waals surface area contributed by atoms with Gasteiger partial charge in [0.1, 0.15) is 5.60 Å². The second-order valence-electron chi connectivity index (χ2n) is 14.3. The number of rotatable bonds is 8. The highest BCUT2D eigenvalue weighted by Gasteiger charge is 2.25. The lowest BCUT2D eigenvalue weighted by Gasteiger charge is -2.20. The predicted molar refractivity (Wildman–Crippen MR) is 203 cm³/mol. The molecule has 0 atom stereocenters. The molecule has 48 heavy (non-hydrogen) atoms. The first kappa shape index (κ1) is 45.3. The maximum atomic E-state index is 12.2. The number of aromatic carboxylic acids is 1. The van der Waals surface area contributed by atoms with Crippen LogP contribution in [0.3, 0.4) is 0 Å². The fourth-order valence-corrected chi connectivity index (χ4v) is 6.17. The third-order valence-corrected chi connectivity index (χ3v) is 9.43. The molecule has 0 fully saturated rings. The third-order valence-electron chi connectivity index (χ3n) is 5.71. The molecule has 0 aliphatic heterocycles. The summed E-state index contributed by atoms with van der Waals surface area (Å²) in [6.45, 7) is 23.2. The predicted octanol–water partition coefficient (Wildman–Crippen LogP) is 9.37. The van der Waals surface area contributed by atoms with Gasteiger partial charge in [-0.3, -0.25) is 14.8 Å². The maximum Gasteiger partial charge on any atom is 0.446 e. The molecule has 2 rings (SSSR count). The fraction of sp³-hybridized carbons (Fsp3) is 0.500. The van der Waals surface area contributed by atoms with E-state index < -0.39 is 40.2 Å². The number of halogens is 3. The molecule has 0 aliphatic carbocycles. The number of thioether (sulfide) groups is 2. The lowest BCUT2D eigenvalue weighted by molar-refractivity contribution is -0.156. The Bertz CT molecular complexity index is 1460. The van der Waals surface area contributed by atoms with Gasteiger partial charge in [0, 0.05) is 23.5 Å². The van der Waals surface area contributed by atoms with Gasteiger partial charge in [0.2, 0.25) is 6.29 Å². The number of ether oxygens (including phenoxy) is 1. The molecule has 14 heteroatoms. The van der Waals surface area contributed by atoms with Gasteiger partial charge in [-0.2, -0.15) is 13.2 Å². The molecule has 0 heterocycles. The molecular formula is C34H51F3N2O5S2Si2. The molecule has 0 spiro atoms. The normalized spacial score (nSPS) is 12.7. The Morgan fingerprint density at radius 1 is 0.792 bits per heavy atom. The zero-order chi connectivity index (χ0) is 37.7. The Morgan fingerprint density at radius 3 is 1.40 bits per heavy atom. The van der Waals surface area contributed by atoms with E-state index in [1.165, 1.54) is 0 Å². The summed E-state index contributed by atoms with van der Waals surface area (Å²) in [6.07, 6.45) is 0.148. The fourth-order valence-electron chi connectivity index (χ4n) is 3.56. The number of benzene rings is 2. The summed E-state index contributed by atoms with van der Waals surface area (Å²) in [7, 11) is -2.42. The monoisotopic (exact) mass is 744 g/mol. The number of aldehydes is 1. The second-order valence-corrected chi connectivity index (χ2v) is 26.8. The van der Waals surface area contributed by atoms with Crippen LogP contribution in [-0.4, -0.2) is 86.2 Å². The van der Waals surface area contributed by atoms with E-state index in [4.69, 9.17) is 24.6 Å². The van der Waals surface area contributed by atoms with Gasteiger partial charge in [-0.25, -0.2) is 9.59 Å². The smallest absolute Gasteiger partial charge is 0.446 e. The summed E-state index contributed by atoms with van der Waals surface area (Å²) in [4.78, 5) is 41.4. The summed E-state index contributed by atoms with van der Waals surface area (Å²) in [5, 5.41) is 11.1. The molecule has 0 unspecified atom stereocenters. The number of hydrogen-bond donors (Lipinski definition) is 1. The Morgan fingerprint density at radius 2 is 1.15 bits per heavy atom. The highest BCUT2D eigenvalue weighted by Crippen LogP contribution is 2.21. The van der Waals surface area contributed by atoms with E-state index in [0.29, 0.717) is 11.1 Å². The van der Waals surface area contributed by atoms with E-state index >= 15 is 0 Å². The SMILES string of the molecule is CSC(=NC[Si](C)(C)C)c1ccc(C(=O)O)c(C)c1.CSC(=NC[Si](C)(C)C)c1ccc(C(=O)OC(C)(C)C)c(C)c1.O=CC(F)(F)F. The molecule has 0 amide bonds. The first-order valence-electron chi connectivity index (χ1n) is 15.1. The zero-order valence-corrected chi connectivity index (χ0v) is 34.0. The van der Waals surface area contributed by atoms with Crippen molar-refractivity contribution in [3.63, 3.8) is 0 Å². The van der Waals surface area contributed by atoms with Crippen LogP contribution in [0.25, 0.3) is 0 Å². The molecule has 2 aromatic rings. The Labute approximate surface area is 294 Å². The van der Waals surface area contributed by atoms with Gasteiger partial charge in [-0.1, -0.05) is 51.4 Å². The Kier molecular flexibility index (Phi) is 18.4. The number of carbonyl (C=O) groups is 3. The van der Waals surface area contributed by atoms with E-state index in [1.54, 1.807) is 29.6 Å². The van der Waals surface area contributed by atoms with Crippen molar-refractivity contribution in [1.82, 2.24) is 0 Å². The molecular weight excluding hydrogens is 694 g/mol. The van der Waals surface area contributed by atoms with Crippen molar-refractivity contribution in [2.24, 2.45) is 9.98 Å². The summed E-state index contributed by atoms with van der Waals surface area (Å²) in [5.74, 6) is -1.15. The Hall–Kier alpha value is -2.69. The van der Waals surface area contributed by atoms with Crippen LogP contribution >= 0.6 is 23.5 Å². The maximum absolute atomic E-state index is 12.2. The molecule has 0 aromatic heterocycles. The summed E-state index contributed by atoms with van der Waals surface area (Å²) < 4.78 is 36.7. The standard InChI is InChI=1S/C18H29NO2SSi.C14H21NO2SSi.C2HF3O/c1-13-11-14(16(22-5)19-12-23(6,7)8)9-10-15(13)17(20)21-18(2,3)4;1-10-8-11(6-7-12(10)14(16)17)13(18-2)15-9-19(3,4)5;3-2(4,5)1-6/h9-11H,12H2,1-8H3;6-8H,9H2,1-5H3,(H,16,17);1H. The number of carboxylic acids is 1. The van der Waals surface area contributed by atoms with Gasteiger partial charge in [0.15, 0.2) is 0 Å². The van der Waals surface area contributed by atoms with E-state index in [0.717, 1.165) is 44.7 Å². The number of alkyl halides is 3. The van der Waals surface area contributed by atoms with Gasteiger partial charge < -0.3 is 9.84 Å². The lowest BCUT2D eigenvalue weighted by Crippen LogP contribution is -2.25. The van der Waals surface area contributed by atoms with Crippen molar-refractivity contribution < 1.29 is 37.4 Å². The van der Waals surface area contributed by atoms with Crippen LogP contribution < -0.4 is 0 Å².